The van der Waals surface area contributed by atoms with Crippen LogP contribution < -0.4 is 19.2 Å². The van der Waals surface area contributed by atoms with Crippen LogP contribution in [-0.4, -0.2) is 47.3 Å². The summed E-state index contributed by atoms with van der Waals surface area (Å²) in [7, 11) is 3.00. The second kappa shape index (κ2) is 8.80. The minimum atomic E-state index is -0.829. The maximum Gasteiger partial charge on any atom is 0.273 e. The Labute approximate surface area is 180 Å². The Morgan fingerprint density at radius 1 is 1.10 bits per heavy atom. The largest absolute Gasteiger partial charge is 0.497 e. The number of ether oxygens (including phenoxy) is 3. The number of fused-ring (bicyclic) bond motifs is 1. The van der Waals surface area contributed by atoms with Crippen molar-refractivity contribution >= 4 is 17.7 Å². The fourth-order valence-electron chi connectivity index (χ4n) is 3.05. The molecule has 4 rings (SSSR count). The van der Waals surface area contributed by atoms with Crippen LogP contribution in [0.5, 0.6) is 17.2 Å². The highest BCUT2D eigenvalue weighted by molar-refractivity contribution is 7.99. The minimum Gasteiger partial charge on any atom is -0.497 e. The van der Waals surface area contributed by atoms with Crippen LogP contribution in [0.15, 0.2) is 41.6 Å². The van der Waals surface area contributed by atoms with Crippen molar-refractivity contribution in [2.75, 3.05) is 31.5 Å². The second-order valence-corrected chi connectivity index (χ2v) is 7.51. The Hall–Kier alpha value is -3.34. The average Bonchev–Trinajstić information content (AvgIpc) is 3.21. The van der Waals surface area contributed by atoms with Crippen LogP contribution >= 0.6 is 11.8 Å². The first kappa shape index (κ1) is 20.9. The number of halogens is 2. The molecule has 1 aliphatic heterocycles. The summed E-state index contributed by atoms with van der Waals surface area (Å²) in [5.74, 6) is -0.0876. The van der Waals surface area contributed by atoms with Crippen molar-refractivity contribution in [2.45, 2.75) is 11.8 Å². The van der Waals surface area contributed by atoms with Gasteiger partial charge in [-0.1, -0.05) is 11.8 Å². The maximum absolute atomic E-state index is 13.9. The van der Waals surface area contributed by atoms with Crippen molar-refractivity contribution in [1.82, 2.24) is 14.9 Å². The number of amides is 1. The zero-order chi connectivity index (χ0) is 22.0. The van der Waals surface area contributed by atoms with Gasteiger partial charge in [-0.15, -0.1) is 10.2 Å². The molecule has 0 N–H and O–H groups in total. The van der Waals surface area contributed by atoms with E-state index in [-0.39, 0.29) is 18.3 Å². The molecule has 0 bridgehead atoms. The van der Waals surface area contributed by atoms with Crippen LogP contribution in [-0.2, 0) is 6.61 Å². The summed E-state index contributed by atoms with van der Waals surface area (Å²) in [6.45, 7) is 0.229. The van der Waals surface area contributed by atoms with Gasteiger partial charge in [-0.05, 0) is 24.3 Å². The van der Waals surface area contributed by atoms with Crippen molar-refractivity contribution in [1.29, 1.82) is 0 Å². The van der Waals surface area contributed by atoms with Gasteiger partial charge in [0.25, 0.3) is 5.91 Å². The molecule has 0 saturated carbocycles. The van der Waals surface area contributed by atoms with E-state index >= 15 is 0 Å². The molecule has 162 valence electrons. The summed E-state index contributed by atoms with van der Waals surface area (Å²) < 4.78 is 44.5. The van der Waals surface area contributed by atoms with E-state index in [4.69, 9.17) is 14.2 Å². The van der Waals surface area contributed by atoms with Crippen LogP contribution in [0.2, 0.25) is 0 Å². The highest BCUT2D eigenvalue weighted by atomic mass is 32.2. The molecule has 2 aromatic carbocycles. The minimum absolute atomic E-state index is 0.127. The molecule has 1 aromatic heterocycles. The standard InChI is InChI=1S/C20H18F2N4O4S/c1-28-14-7-12(8-15(10-14)29-2)19(27)25-5-6-31-20-24-23-18(26(20)25)11-30-17-4-3-13(21)9-16(17)22/h3-4,7-10H,5-6,11H2,1-2H3. The zero-order valence-electron chi connectivity index (χ0n) is 16.7. The lowest BCUT2D eigenvalue weighted by atomic mass is 10.2. The number of benzene rings is 2. The molecule has 8 nitrogen and oxygen atoms in total. The molecule has 31 heavy (non-hydrogen) atoms. The molecule has 2 heterocycles. The van der Waals surface area contributed by atoms with Crippen LogP contribution in [0.3, 0.4) is 0 Å². The molecule has 0 unspecified atom stereocenters. The molecule has 0 aliphatic carbocycles. The first-order chi connectivity index (χ1) is 15.0. The van der Waals surface area contributed by atoms with Crippen LogP contribution in [0.4, 0.5) is 8.78 Å². The third-order valence-electron chi connectivity index (χ3n) is 4.54. The lowest BCUT2D eigenvalue weighted by Crippen LogP contribution is -2.45. The summed E-state index contributed by atoms with van der Waals surface area (Å²) in [6.07, 6.45) is 0. The summed E-state index contributed by atoms with van der Waals surface area (Å²) in [6, 6.07) is 7.92. The Kier molecular flexibility index (Phi) is 5.94. The second-order valence-electron chi connectivity index (χ2n) is 6.45. The van der Waals surface area contributed by atoms with Crippen LogP contribution in [0.25, 0.3) is 0 Å². The van der Waals surface area contributed by atoms with Crippen molar-refractivity contribution in [2.24, 2.45) is 0 Å². The predicted molar refractivity (Wildman–Crippen MR) is 108 cm³/mol. The smallest absolute Gasteiger partial charge is 0.273 e. The number of hydrogen-bond acceptors (Lipinski definition) is 7. The molecule has 1 aliphatic rings. The molecular weight excluding hydrogens is 430 g/mol. The number of hydrogen-bond donors (Lipinski definition) is 0. The Morgan fingerprint density at radius 2 is 1.84 bits per heavy atom. The summed E-state index contributed by atoms with van der Waals surface area (Å²) in [5, 5.41) is 10.2. The van der Waals surface area contributed by atoms with Gasteiger partial charge in [0.1, 0.15) is 23.9 Å². The quantitative estimate of drug-likeness (QED) is 0.574. The van der Waals surface area contributed by atoms with Gasteiger partial charge < -0.3 is 14.2 Å². The molecule has 0 spiro atoms. The van der Waals surface area contributed by atoms with E-state index in [1.165, 1.54) is 37.1 Å². The number of nitrogens with zero attached hydrogens (tertiary/aromatic N) is 4. The summed E-state index contributed by atoms with van der Waals surface area (Å²) in [4.78, 5) is 13.3. The zero-order valence-corrected chi connectivity index (χ0v) is 17.5. The Morgan fingerprint density at radius 3 is 2.52 bits per heavy atom. The van der Waals surface area contributed by atoms with Gasteiger partial charge in [-0.2, -0.15) is 0 Å². The number of carbonyl (C=O) groups excluding carboxylic acids is 1. The van der Waals surface area contributed by atoms with E-state index in [1.807, 2.05) is 0 Å². The summed E-state index contributed by atoms with van der Waals surface area (Å²) >= 11 is 1.43. The van der Waals surface area contributed by atoms with Gasteiger partial charge in [-0.25, -0.2) is 18.5 Å². The third-order valence-corrected chi connectivity index (χ3v) is 5.44. The van der Waals surface area contributed by atoms with Crippen molar-refractivity contribution in [3.05, 3.63) is 59.4 Å². The van der Waals surface area contributed by atoms with Gasteiger partial charge in [0.15, 0.2) is 17.4 Å². The van der Waals surface area contributed by atoms with Crippen molar-refractivity contribution < 1.29 is 27.8 Å². The number of thioether (sulfide) groups is 1. The predicted octanol–water partition coefficient (Wildman–Crippen LogP) is 3.04. The van der Waals surface area contributed by atoms with E-state index in [9.17, 15) is 13.6 Å². The van der Waals surface area contributed by atoms with E-state index in [2.05, 4.69) is 10.2 Å². The van der Waals surface area contributed by atoms with Gasteiger partial charge in [0.05, 0.1) is 20.8 Å². The normalized spacial score (nSPS) is 13.0. The number of carbonyl (C=O) groups is 1. The van der Waals surface area contributed by atoms with Gasteiger partial charge in [-0.3, -0.25) is 4.79 Å². The van der Waals surface area contributed by atoms with Gasteiger partial charge >= 0.3 is 0 Å². The van der Waals surface area contributed by atoms with Crippen molar-refractivity contribution in [3.63, 3.8) is 0 Å². The molecule has 0 saturated heterocycles. The number of rotatable bonds is 6. The van der Waals surface area contributed by atoms with Gasteiger partial charge in [0, 0.05) is 23.4 Å². The lowest BCUT2D eigenvalue weighted by Gasteiger charge is -2.29. The fraction of sp³-hybridized carbons (Fsp3) is 0.250. The first-order valence-electron chi connectivity index (χ1n) is 9.20. The third kappa shape index (κ3) is 4.26. The summed E-state index contributed by atoms with van der Waals surface area (Å²) in [5.41, 5.74) is 0.360. The average molecular weight is 448 g/mol. The highest BCUT2D eigenvalue weighted by Crippen LogP contribution is 2.27. The first-order valence-corrected chi connectivity index (χ1v) is 10.2. The fourth-order valence-corrected chi connectivity index (χ4v) is 3.92. The highest BCUT2D eigenvalue weighted by Gasteiger charge is 2.29. The molecule has 11 heteroatoms. The van der Waals surface area contributed by atoms with Crippen molar-refractivity contribution in [3.8, 4) is 17.2 Å². The Balaban J connectivity index is 1.62. The SMILES string of the molecule is COc1cc(OC)cc(C(=O)N2CCSc3nnc(COc4ccc(F)cc4F)n32)c1. The van der Waals surface area contributed by atoms with Crippen LogP contribution in [0, 0.1) is 11.6 Å². The number of aromatic nitrogens is 3. The monoisotopic (exact) mass is 448 g/mol. The topological polar surface area (TPSA) is 78.7 Å². The lowest BCUT2D eigenvalue weighted by molar-refractivity contribution is 0.0952. The van der Waals surface area contributed by atoms with E-state index in [0.717, 1.165) is 12.1 Å². The molecule has 0 radical (unpaired) electrons. The van der Waals surface area contributed by atoms with Crippen LogP contribution in [0.1, 0.15) is 16.2 Å². The van der Waals surface area contributed by atoms with E-state index in [1.54, 1.807) is 22.9 Å². The molecule has 0 atom stereocenters. The Bertz CT molecular complexity index is 1100. The molecule has 3 aromatic rings. The number of methoxy groups -OCH3 is 2. The van der Waals surface area contributed by atoms with E-state index < -0.39 is 11.6 Å². The van der Waals surface area contributed by atoms with E-state index in [0.29, 0.717) is 40.3 Å². The van der Waals surface area contributed by atoms with Gasteiger partial charge in [0.2, 0.25) is 5.16 Å². The molecule has 0 fully saturated rings. The molecular formula is C20H18F2N4O4S. The molecule has 1 amide bonds. The maximum atomic E-state index is 13.9.